The summed E-state index contributed by atoms with van der Waals surface area (Å²) in [6.07, 6.45) is 7.50. The van der Waals surface area contributed by atoms with Crippen molar-refractivity contribution < 1.29 is 4.79 Å². The van der Waals surface area contributed by atoms with E-state index >= 15 is 0 Å². The monoisotopic (exact) mass is 219 g/mol. The average Bonchev–Trinajstić information content (AvgIpc) is 2.57. The first kappa shape index (κ1) is 11.1. The summed E-state index contributed by atoms with van der Waals surface area (Å²) in [7, 11) is 0. The lowest BCUT2D eigenvalue weighted by Crippen LogP contribution is -2.36. The molecule has 1 aliphatic heterocycles. The van der Waals surface area contributed by atoms with E-state index in [9.17, 15) is 4.79 Å². The molecular formula is C12H17N3O. The second-order valence-corrected chi connectivity index (χ2v) is 4.18. The van der Waals surface area contributed by atoms with Crippen molar-refractivity contribution in [2.45, 2.75) is 31.7 Å². The second kappa shape index (κ2) is 5.07. The quantitative estimate of drug-likeness (QED) is 0.737. The molecule has 0 aromatic carbocycles. The summed E-state index contributed by atoms with van der Waals surface area (Å²) in [5, 5.41) is 3.27. The Hall–Kier alpha value is -1.42. The molecule has 0 bridgehead atoms. The molecule has 1 fully saturated rings. The third kappa shape index (κ3) is 2.39. The Morgan fingerprint density at radius 3 is 3.12 bits per heavy atom. The van der Waals surface area contributed by atoms with E-state index < -0.39 is 0 Å². The van der Waals surface area contributed by atoms with Crippen molar-refractivity contribution in [2.24, 2.45) is 0 Å². The van der Waals surface area contributed by atoms with Crippen LogP contribution in [0, 0.1) is 0 Å². The van der Waals surface area contributed by atoms with Crippen LogP contribution >= 0.6 is 0 Å². The van der Waals surface area contributed by atoms with Crippen LogP contribution in [0.3, 0.4) is 0 Å². The van der Waals surface area contributed by atoms with Crippen molar-refractivity contribution in [3.63, 3.8) is 0 Å². The second-order valence-electron chi connectivity index (χ2n) is 4.18. The van der Waals surface area contributed by atoms with Crippen LogP contribution in [0.25, 0.3) is 0 Å². The van der Waals surface area contributed by atoms with Crippen LogP contribution in [0.2, 0.25) is 0 Å². The molecule has 0 aliphatic carbocycles. The molecular weight excluding hydrogens is 202 g/mol. The van der Waals surface area contributed by atoms with Gasteiger partial charge in [-0.15, -0.1) is 0 Å². The SMILES string of the molecule is Nc1ccncc1C(=O)C1CCCCCN1. The summed E-state index contributed by atoms with van der Waals surface area (Å²) in [6, 6.07) is 1.58. The van der Waals surface area contributed by atoms with Gasteiger partial charge in [-0.25, -0.2) is 0 Å². The number of rotatable bonds is 2. The van der Waals surface area contributed by atoms with Crippen LogP contribution in [-0.4, -0.2) is 23.4 Å². The van der Waals surface area contributed by atoms with E-state index in [1.165, 1.54) is 6.42 Å². The van der Waals surface area contributed by atoms with Crippen LogP contribution in [0.5, 0.6) is 0 Å². The third-order valence-corrected chi connectivity index (χ3v) is 3.00. The zero-order valence-electron chi connectivity index (χ0n) is 9.28. The van der Waals surface area contributed by atoms with Gasteiger partial charge >= 0.3 is 0 Å². The zero-order chi connectivity index (χ0) is 11.4. The molecule has 2 rings (SSSR count). The van der Waals surface area contributed by atoms with E-state index in [4.69, 9.17) is 5.73 Å². The van der Waals surface area contributed by atoms with E-state index in [1.807, 2.05) is 0 Å². The lowest BCUT2D eigenvalue weighted by atomic mass is 10.0. The number of nitrogen functional groups attached to an aromatic ring is 1. The Morgan fingerprint density at radius 1 is 1.44 bits per heavy atom. The Kier molecular flexibility index (Phi) is 3.51. The number of pyridine rings is 1. The Balaban J connectivity index is 2.14. The smallest absolute Gasteiger partial charge is 0.183 e. The molecule has 0 spiro atoms. The van der Waals surface area contributed by atoms with E-state index in [0.717, 1.165) is 25.8 Å². The molecule has 1 unspecified atom stereocenters. The summed E-state index contributed by atoms with van der Waals surface area (Å²) in [5.41, 5.74) is 6.84. The molecule has 2 heterocycles. The van der Waals surface area contributed by atoms with Gasteiger partial charge in [0.05, 0.1) is 11.6 Å². The van der Waals surface area contributed by atoms with E-state index in [0.29, 0.717) is 11.3 Å². The fraction of sp³-hybridized carbons (Fsp3) is 0.500. The van der Waals surface area contributed by atoms with Crippen molar-refractivity contribution in [1.82, 2.24) is 10.3 Å². The van der Waals surface area contributed by atoms with Gasteiger partial charge in [-0.3, -0.25) is 9.78 Å². The number of carbonyl (C=O) groups excluding carboxylic acids is 1. The highest BCUT2D eigenvalue weighted by Crippen LogP contribution is 2.16. The van der Waals surface area contributed by atoms with Gasteiger partial charge in [0, 0.05) is 18.1 Å². The molecule has 1 saturated heterocycles. The summed E-state index contributed by atoms with van der Waals surface area (Å²) < 4.78 is 0. The van der Waals surface area contributed by atoms with Gasteiger partial charge in [0.2, 0.25) is 0 Å². The van der Waals surface area contributed by atoms with E-state index in [-0.39, 0.29) is 11.8 Å². The molecule has 1 atom stereocenters. The number of nitrogens with one attached hydrogen (secondary N) is 1. The van der Waals surface area contributed by atoms with Crippen LogP contribution in [0.1, 0.15) is 36.0 Å². The highest BCUT2D eigenvalue weighted by Gasteiger charge is 2.22. The maximum absolute atomic E-state index is 12.2. The molecule has 0 amide bonds. The fourth-order valence-corrected chi connectivity index (χ4v) is 2.05. The molecule has 4 nitrogen and oxygen atoms in total. The largest absolute Gasteiger partial charge is 0.398 e. The molecule has 4 heteroatoms. The fourth-order valence-electron chi connectivity index (χ4n) is 2.05. The van der Waals surface area contributed by atoms with Gasteiger partial charge in [0.1, 0.15) is 0 Å². The van der Waals surface area contributed by atoms with E-state index in [1.54, 1.807) is 18.5 Å². The molecule has 0 radical (unpaired) electrons. The van der Waals surface area contributed by atoms with Crippen molar-refractivity contribution in [2.75, 3.05) is 12.3 Å². The third-order valence-electron chi connectivity index (χ3n) is 3.00. The number of Topliss-reactive ketones (excluding diaryl/α,β-unsaturated/α-hetero) is 1. The highest BCUT2D eigenvalue weighted by atomic mass is 16.1. The number of anilines is 1. The van der Waals surface area contributed by atoms with Gasteiger partial charge in [-0.05, 0) is 25.5 Å². The Bertz CT molecular complexity index is 370. The number of nitrogens with zero attached hydrogens (tertiary/aromatic N) is 1. The summed E-state index contributed by atoms with van der Waals surface area (Å²) >= 11 is 0. The van der Waals surface area contributed by atoms with Crippen molar-refractivity contribution in [1.29, 1.82) is 0 Å². The minimum atomic E-state index is -0.0889. The standard InChI is InChI=1S/C12H17N3O/c13-10-5-7-14-8-9(10)12(16)11-4-2-1-3-6-15-11/h5,7-8,11,15H,1-4,6H2,(H2,13,14). The van der Waals surface area contributed by atoms with Gasteiger partial charge in [0.15, 0.2) is 5.78 Å². The number of carbonyl (C=O) groups is 1. The van der Waals surface area contributed by atoms with Gasteiger partial charge in [-0.2, -0.15) is 0 Å². The minimum Gasteiger partial charge on any atom is -0.398 e. The summed E-state index contributed by atoms with van der Waals surface area (Å²) in [6.45, 7) is 0.913. The molecule has 86 valence electrons. The normalized spacial score (nSPS) is 21.4. The maximum Gasteiger partial charge on any atom is 0.183 e. The van der Waals surface area contributed by atoms with Gasteiger partial charge < -0.3 is 11.1 Å². The number of hydrogen-bond donors (Lipinski definition) is 2. The predicted octanol–water partition coefficient (Wildman–Crippen LogP) is 1.38. The molecule has 1 aliphatic rings. The molecule has 1 aromatic rings. The lowest BCUT2D eigenvalue weighted by Gasteiger charge is -2.15. The first-order valence-corrected chi connectivity index (χ1v) is 5.76. The zero-order valence-corrected chi connectivity index (χ0v) is 9.28. The first-order chi connectivity index (χ1) is 7.79. The number of ketones is 1. The highest BCUT2D eigenvalue weighted by molar-refractivity contribution is 6.03. The van der Waals surface area contributed by atoms with Crippen molar-refractivity contribution in [3.05, 3.63) is 24.0 Å². The molecule has 3 N–H and O–H groups in total. The summed E-state index contributed by atoms with van der Waals surface area (Å²) in [4.78, 5) is 16.1. The Labute approximate surface area is 95.3 Å². The van der Waals surface area contributed by atoms with Gasteiger partial charge in [-0.1, -0.05) is 12.8 Å². The molecule has 1 aromatic heterocycles. The topological polar surface area (TPSA) is 68.0 Å². The maximum atomic E-state index is 12.2. The number of aromatic nitrogens is 1. The van der Waals surface area contributed by atoms with Gasteiger partial charge in [0.25, 0.3) is 0 Å². The predicted molar refractivity (Wildman–Crippen MR) is 63.2 cm³/mol. The molecule has 0 saturated carbocycles. The van der Waals surface area contributed by atoms with Crippen LogP contribution in [0.15, 0.2) is 18.5 Å². The van der Waals surface area contributed by atoms with Crippen molar-refractivity contribution in [3.8, 4) is 0 Å². The van der Waals surface area contributed by atoms with Crippen LogP contribution in [-0.2, 0) is 0 Å². The lowest BCUT2D eigenvalue weighted by molar-refractivity contribution is 0.0941. The Morgan fingerprint density at radius 2 is 2.31 bits per heavy atom. The first-order valence-electron chi connectivity index (χ1n) is 5.76. The number of nitrogens with two attached hydrogens (primary N) is 1. The summed E-state index contributed by atoms with van der Waals surface area (Å²) in [5.74, 6) is 0.0764. The van der Waals surface area contributed by atoms with Crippen molar-refractivity contribution >= 4 is 11.5 Å². The van der Waals surface area contributed by atoms with Crippen LogP contribution < -0.4 is 11.1 Å². The number of hydrogen-bond acceptors (Lipinski definition) is 4. The minimum absolute atomic E-state index is 0.0764. The average molecular weight is 219 g/mol. The van der Waals surface area contributed by atoms with E-state index in [2.05, 4.69) is 10.3 Å². The molecule has 16 heavy (non-hydrogen) atoms. The van der Waals surface area contributed by atoms with Crippen LogP contribution in [0.4, 0.5) is 5.69 Å².